The Morgan fingerprint density at radius 2 is 2.06 bits per heavy atom. The van der Waals surface area contributed by atoms with Crippen LogP contribution in [0.4, 0.5) is 4.39 Å². The minimum atomic E-state index is -0.695. The third-order valence-electron chi connectivity index (χ3n) is 2.72. The van der Waals surface area contributed by atoms with E-state index in [0.717, 1.165) is 0 Å². The molecule has 0 aromatic heterocycles. The van der Waals surface area contributed by atoms with E-state index in [1.54, 1.807) is 6.07 Å². The smallest absolute Gasteiger partial charge is 0.128 e. The lowest BCUT2D eigenvalue weighted by molar-refractivity contribution is 0.0973. The summed E-state index contributed by atoms with van der Waals surface area (Å²) in [5, 5.41) is 10.3. The fraction of sp³-hybridized carbons (Fsp3) is 0.500. The highest BCUT2D eigenvalue weighted by atomic mass is 35.5. The number of benzene rings is 1. The Kier molecular flexibility index (Phi) is 4.71. The van der Waals surface area contributed by atoms with E-state index in [9.17, 15) is 9.50 Å². The zero-order chi connectivity index (χ0) is 12.3. The monoisotopic (exact) mass is 245 g/mol. The van der Waals surface area contributed by atoms with E-state index in [2.05, 4.69) is 0 Å². The average Bonchev–Trinajstić information content (AvgIpc) is 2.22. The quantitative estimate of drug-likeness (QED) is 0.856. The second-order valence-corrected chi connectivity index (χ2v) is 4.62. The van der Waals surface area contributed by atoms with Crippen LogP contribution in [0.3, 0.4) is 0 Å². The fourth-order valence-electron chi connectivity index (χ4n) is 1.76. The summed E-state index contributed by atoms with van der Waals surface area (Å²) in [6.07, 6.45) is -0.695. The minimum absolute atomic E-state index is 0.00391. The molecule has 0 saturated heterocycles. The van der Waals surface area contributed by atoms with Gasteiger partial charge in [0.05, 0.1) is 6.10 Å². The van der Waals surface area contributed by atoms with Crippen LogP contribution < -0.4 is 5.73 Å². The lowest BCUT2D eigenvalue weighted by Gasteiger charge is -2.26. The average molecular weight is 246 g/mol. The first-order valence-electron chi connectivity index (χ1n) is 5.31. The highest BCUT2D eigenvalue weighted by molar-refractivity contribution is 6.31. The summed E-state index contributed by atoms with van der Waals surface area (Å²) in [5.41, 5.74) is 5.91. The molecule has 1 aromatic rings. The van der Waals surface area contributed by atoms with Gasteiger partial charge in [-0.3, -0.25) is 0 Å². The van der Waals surface area contributed by atoms with Crippen LogP contribution in [-0.2, 0) is 0 Å². The number of aliphatic hydroxyl groups is 1. The SMILES string of the molecule is CC(C)C(O)C(CN)c1c(F)cccc1Cl. The zero-order valence-corrected chi connectivity index (χ0v) is 10.2. The van der Waals surface area contributed by atoms with Crippen molar-refractivity contribution in [1.29, 1.82) is 0 Å². The number of aliphatic hydroxyl groups excluding tert-OH is 1. The van der Waals surface area contributed by atoms with Crippen LogP contribution in [0.1, 0.15) is 25.3 Å². The largest absolute Gasteiger partial charge is 0.392 e. The summed E-state index contributed by atoms with van der Waals surface area (Å²) in [4.78, 5) is 0. The third-order valence-corrected chi connectivity index (χ3v) is 3.05. The van der Waals surface area contributed by atoms with Gasteiger partial charge in [0, 0.05) is 23.0 Å². The Labute approximate surface area is 100 Å². The lowest BCUT2D eigenvalue weighted by Crippen LogP contribution is -2.30. The Morgan fingerprint density at radius 3 is 2.50 bits per heavy atom. The van der Waals surface area contributed by atoms with Crippen LogP contribution in [0.2, 0.25) is 5.02 Å². The maximum Gasteiger partial charge on any atom is 0.128 e. The molecule has 0 fully saturated rings. The predicted molar refractivity (Wildman–Crippen MR) is 64.1 cm³/mol. The van der Waals surface area contributed by atoms with Crippen molar-refractivity contribution in [1.82, 2.24) is 0 Å². The van der Waals surface area contributed by atoms with Crippen LogP contribution in [0.25, 0.3) is 0 Å². The molecular weight excluding hydrogens is 229 g/mol. The molecule has 16 heavy (non-hydrogen) atoms. The number of rotatable bonds is 4. The first kappa shape index (κ1) is 13.4. The van der Waals surface area contributed by atoms with E-state index in [1.807, 2.05) is 13.8 Å². The van der Waals surface area contributed by atoms with Gasteiger partial charge in [0.1, 0.15) is 5.82 Å². The van der Waals surface area contributed by atoms with Crippen molar-refractivity contribution >= 4 is 11.6 Å². The molecular formula is C12H17ClFNO. The van der Waals surface area contributed by atoms with Crippen molar-refractivity contribution in [3.05, 3.63) is 34.6 Å². The van der Waals surface area contributed by atoms with Crippen molar-refractivity contribution < 1.29 is 9.50 Å². The van der Waals surface area contributed by atoms with E-state index < -0.39 is 17.8 Å². The Balaban J connectivity index is 3.13. The van der Waals surface area contributed by atoms with Crippen LogP contribution in [-0.4, -0.2) is 17.8 Å². The molecule has 0 bridgehead atoms. The van der Waals surface area contributed by atoms with Gasteiger partial charge in [0.2, 0.25) is 0 Å². The van der Waals surface area contributed by atoms with Crippen LogP contribution >= 0.6 is 11.6 Å². The molecule has 1 rings (SSSR count). The molecule has 2 unspecified atom stereocenters. The van der Waals surface area contributed by atoms with Gasteiger partial charge in [-0.15, -0.1) is 0 Å². The Hall–Kier alpha value is -0.640. The molecule has 1 aromatic carbocycles. The summed E-state index contributed by atoms with van der Waals surface area (Å²) < 4.78 is 13.7. The first-order valence-corrected chi connectivity index (χ1v) is 5.68. The molecule has 0 aliphatic rings. The highest BCUT2D eigenvalue weighted by Crippen LogP contribution is 2.31. The van der Waals surface area contributed by atoms with Crippen molar-refractivity contribution in [2.45, 2.75) is 25.9 Å². The van der Waals surface area contributed by atoms with E-state index in [1.165, 1.54) is 12.1 Å². The molecule has 0 amide bonds. The number of hydrogen-bond donors (Lipinski definition) is 2. The Morgan fingerprint density at radius 1 is 1.44 bits per heavy atom. The molecule has 2 atom stereocenters. The van der Waals surface area contributed by atoms with Crippen molar-refractivity contribution in [2.24, 2.45) is 11.7 Å². The zero-order valence-electron chi connectivity index (χ0n) is 9.45. The summed E-state index contributed by atoms with van der Waals surface area (Å²) in [6, 6.07) is 4.48. The molecule has 0 saturated carbocycles. The number of nitrogens with two attached hydrogens (primary N) is 1. The summed E-state index contributed by atoms with van der Waals surface area (Å²) in [7, 11) is 0. The molecule has 90 valence electrons. The number of hydrogen-bond acceptors (Lipinski definition) is 2. The molecule has 2 nitrogen and oxygen atoms in total. The van der Waals surface area contributed by atoms with Gasteiger partial charge in [-0.2, -0.15) is 0 Å². The summed E-state index contributed by atoms with van der Waals surface area (Å²) >= 11 is 5.95. The van der Waals surface area contributed by atoms with Gasteiger partial charge in [-0.1, -0.05) is 31.5 Å². The fourth-order valence-corrected chi connectivity index (χ4v) is 2.06. The second-order valence-electron chi connectivity index (χ2n) is 4.21. The summed E-state index contributed by atoms with van der Waals surface area (Å²) in [6.45, 7) is 3.89. The van der Waals surface area contributed by atoms with Gasteiger partial charge < -0.3 is 10.8 Å². The normalized spacial score (nSPS) is 15.2. The standard InChI is InChI=1S/C12H17ClFNO/c1-7(2)12(16)8(6-15)11-9(13)4-3-5-10(11)14/h3-5,7-8,12,16H,6,15H2,1-2H3. The lowest BCUT2D eigenvalue weighted by atomic mass is 9.87. The van der Waals surface area contributed by atoms with Gasteiger partial charge in [-0.25, -0.2) is 4.39 Å². The van der Waals surface area contributed by atoms with Crippen LogP contribution in [0.5, 0.6) is 0 Å². The van der Waals surface area contributed by atoms with E-state index >= 15 is 0 Å². The molecule has 4 heteroatoms. The predicted octanol–water partition coefficient (Wildman–Crippen LogP) is 2.54. The van der Waals surface area contributed by atoms with Gasteiger partial charge >= 0.3 is 0 Å². The number of halogens is 2. The molecule has 0 spiro atoms. The van der Waals surface area contributed by atoms with Crippen molar-refractivity contribution in [3.63, 3.8) is 0 Å². The van der Waals surface area contributed by atoms with Crippen molar-refractivity contribution in [3.8, 4) is 0 Å². The van der Waals surface area contributed by atoms with Crippen molar-refractivity contribution in [2.75, 3.05) is 6.54 Å². The second kappa shape index (κ2) is 5.62. The highest BCUT2D eigenvalue weighted by Gasteiger charge is 2.26. The van der Waals surface area contributed by atoms with Crippen LogP contribution in [0.15, 0.2) is 18.2 Å². The van der Waals surface area contributed by atoms with Gasteiger partial charge in [0.15, 0.2) is 0 Å². The summed E-state index contributed by atoms with van der Waals surface area (Å²) in [5.74, 6) is -0.874. The van der Waals surface area contributed by atoms with E-state index in [4.69, 9.17) is 17.3 Å². The third kappa shape index (κ3) is 2.73. The molecule has 0 heterocycles. The molecule has 0 aliphatic carbocycles. The topological polar surface area (TPSA) is 46.2 Å². The Bertz CT molecular complexity index is 337. The van der Waals surface area contributed by atoms with Gasteiger partial charge in [0.25, 0.3) is 0 Å². The molecule has 0 radical (unpaired) electrons. The van der Waals surface area contributed by atoms with E-state index in [-0.39, 0.29) is 12.5 Å². The maximum absolute atomic E-state index is 13.7. The molecule has 3 N–H and O–H groups in total. The van der Waals surface area contributed by atoms with Crippen LogP contribution in [0, 0.1) is 11.7 Å². The minimum Gasteiger partial charge on any atom is -0.392 e. The molecule has 0 aliphatic heterocycles. The maximum atomic E-state index is 13.7. The first-order chi connectivity index (χ1) is 7.49. The van der Waals surface area contributed by atoms with Gasteiger partial charge in [-0.05, 0) is 18.1 Å². The van der Waals surface area contributed by atoms with E-state index in [0.29, 0.717) is 10.6 Å².